The van der Waals surface area contributed by atoms with E-state index in [1.807, 2.05) is 13.0 Å². The maximum atomic E-state index is 12.6. The van der Waals surface area contributed by atoms with Gasteiger partial charge in [-0.15, -0.1) is 0 Å². The first-order chi connectivity index (χ1) is 13.5. The van der Waals surface area contributed by atoms with E-state index in [-0.39, 0.29) is 16.4 Å². The fourth-order valence-electron chi connectivity index (χ4n) is 3.04. The fraction of sp³-hybridized carbons (Fsp3) is 0.421. The molecule has 0 radical (unpaired) electrons. The van der Waals surface area contributed by atoms with Crippen molar-refractivity contribution in [2.24, 2.45) is 0 Å². The van der Waals surface area contributed by atoms with E-state index in [0.717, 1.165) is 24.6 Å². The molecule has 0 aliphatic carbocycles. The molecule has 2 N–H and O–H groups in total. The van der Waals surface area contributed by atoms with Crippen molar-refractivity contribution in [3.8, 4) is 0 Å². The average Bonchev–Trinajstić information content (AvgIpc) is 3.19. The number of hydrogen-bond acceptors (Lipinski definition) is 6. The van der Waals surface area contributed by atoms with Crippen LogP contribution in [-0.4, -0.2) is 47.8 Å². The molecule has 1 aliphatic rings. The van der Waals surface area contributed by atoms with E-state index < -0.39 is 5.76 Å². The van der Waals surface area contributed by atoms with Gasteiger partial charge in [-0.3, -0.25) is 4.79 Å². The van der Waals surface area contributed by atoms with Crippen molar-refractivity contribution < 1.29 is 13.6 Å². The van der Waals surface area contributed by atoms with Crippen LogP contribution in [0.25, 0.3) is 0 Å². The molecule has 1 fully saturated rings. The van der Waals surface area contributed by atoms with Crippen LogP contribution in [0.4, 0.5) is 20.5 Å². The highest BCUT2D eigenvalue weighted by atomic mass is 32.2. The summed E-state index contributed by atoms with van der Waals surface area (Å²) in [5, 5.41) is 5.86. The zero-order valence-electron chi connectivity index (χ0n) is 15.6. The van der Waals surface area contributed by atoms with Gasteiger partial charge in [0.25, 0.3) is 11.7 Å². The van der Waals surface area contributed by atoms with Crippen molar-refractivity contribution in [1.29, 1.82) is 0 Å². The molecule has 0 unspecified atom stereocenters. The highest BCUT2D eigenvalue weighted by Gasteiger charge is 2.16. The second-order valence-electron chi connectivity index (χ2n) is 6.44. The Kier molecular flexibility index (Phi) is 7.02. The molecule has 1 aromatic carbocycles. The van der Waals surface area contributed by atoms with E-state index in [0.29, 0.717) is 30.8 Å². The van der Waals surface area contributed by atoms with Gasteiger partial charge in [-0.05, 0) is 31.9 Å². The van der Waals surface area contributed by atoms with Gasteiger partial charge in [0.1, 0.15) is 5.82 Å². The Balaban J connectivity index is 1.53. The lowest BCUT2D eigenvalue weighted by Gasteiger charge is -2.17. The summed E-state index contributed by atoms with van der Waals surface area (Å²) in [5.74, 6) is -1.52. The number of anilines is 2. The number of aromatic nitrogens is 2. The average molecular weight is 407 g/mol. The Bertz CT molecular complexity index is 815. The van der Waals surface area contributed by atoms with Gasteiger partial charge in [-0.1, -0.05) is 23.9 Å². The molecular weight excluding hydrogens is 384 g/mol. The number of carbonyl (C=O) groups is 1. The molecule has 0 saturated carbocycles. The molecule has 1 aromatic heterocycles. The minimum Gasteiger partial charge on any atom is -0.356 e. The molecule has 2 heterocycles. The lowest BCUT2D eigenvalue weighted by atomic mass is 10.2. The van der Waals surface area contributed by atoms with Crippen molar-refractivity contribution in [3.63, 3.8) is 0 Å². The molecule has 0 bridgehead atoms. The summed E-state index contributed by atoms with van der Waals surface area (Å²) < 4.78 is 25.3. The molecule has 2 aromatic rings. The third-order valence-corrected chi connectivity index (χ3v) is 5.10. The normalized spacial score (nSPS) is 13.8. The molecule has 0 atom stereocenters. The number of rotatable bonds is 8. The monoisotopic (exact) mass is 407 g/mol. The van der Waals surface area contributed by atoms with Crippen LogP contribution >= 0.6 is 11.8 Å². The summed E-state index contributed by atoms with van der Waals surface area (Å²) in [5.41, 5.74) is 1.12. The number of amides is 1. The largest absolute Gasteiger partial charge is 0.356 e. The van der Waals surface area contributed by atoms with Gasteiger partial charge in [-0.25, -0.2) is 4.98 Å². The van der Waals surface area contributed by atoms with Crippen molar-refractivity contribution >= 4 is 29.4 Å². The summed E-state index contributed by atoms with van der Waals surface area (Å²) in [7, 11) is 0. The van der Waals surface area contributed by atoms with Crippen molar-refractivity contribution in [3.05, 3.63) is 41.6 Å². The zero-order valence-corrected chi connectivity index (χ0v) is 16.4. The number of alkyl halides is 2. The van der Waals surface area contributed by atoms with Crippen molar-refractivity contribution in [1.82, 2.24) is 15.3 Å². The highest BCUT2D eigenvalue weighted by Crippen LogP contribution is 2.28. The quantitative estimate of drug-likeness (QED) is 0.515. The predicted octanol–water partition coefficient (Wildman–Crippen LogP) is 3.54. The number of thioether (sulfide) groups is 1. The molecule has 6 nitrogen and oxygen atoms in total. The molecule has 9 heteroatoms. The molecule has 0 spiro atoms. The van der Waals surface area contributed by atoms with Gasteiger partial charge >= 0.3 is 0 Å². The maximum absolute atomic E-state index is 12.6. The summed E-state index contributed by atoms with van der Waals surface area (Å²) in [6.07, 6.45) is 2.34. The van der Waals surface area contributed by atoms with E-state index in [9.17, 15) is 13.6 Å². The van der Waals surface area contributed by atoms with E-state index >= 15 is 0 Å². The molecule has 1 saturated heterocycles. The Hall–Kier alpha value is -2.42. The Morgan fingerprint density at radius 1 is 1.21 bits per heavy atom. The Morgan fingerprint density at radius 3 is 2.71 bits per heavy atom. The molecular formula is C19H23F2N5OS. The van der Waals surface area contributed by atoms with Crippen molar-refractivity contribution in [2.75, 3.05) is 36.4 Å². The van der Waals surface area contributed by atoms with Crippen LogP contribution < -0.4 is 15.5 Å². The Morgan fingerprint density at radius 2 is 1.96 bits per heavy atom. The number of halogens is 2. The van der Waals surface area contributed by atoms with Crippen LogP contribution in [0.1, 0.15) is 28.9 Å². The third-order valence-electron chi connectivity index (χ3n) is 4.31. The van der Waals surface area contributed by atoms with Gasteiger partial charge < -0.3 is 15.5 Å². The standard InChI is InChI=1S/C19H23F2N5OS/c1-13-12-16(26-10-4-5-11-26)25-19(24-13)23-9-8-22-17(27)14-6-2-3-7-15(14)28-18(20)21/h2-3,6-7,12,18H,4-5,8-11H2,1H3,(H,22,27)(H,23,24,25). The predicted molar refractivity (Wildman–Crippen MR) is 107 cm³/mol. The second-order valence-corrected chi connectivity index (χ2v) is 7.47. The van der Waals surface area contributed by atoms with Crippen LogP contribution in [-0.2, 0) is 0 Å². The first kappa shape index (κ1) is 20.3. The van der Waals surface area contributed by atoms with Gasteiger partial charge in [0.05, 0.1) is 5.56 Å². The van der Waals surface area contributed by atoms with E-state index in [1.54, 1.807) is 18.2 Å². The second kappa shape index (κ2) is 9.68. The minimum absolute atomic E-state index is 0.246. The van der Waals surface area contributed by atoms with Crippen molar-refractivity contribution in [2.45, 2.75) is 30.4 Å². The molecule has 3 rings (SSSR count). The zero-order chi connectivity index (χ0) is 19.9. The summed E-state index contributed by atoms with van der Waals surface area (Å²) in [4.78, 5) is 23.7. The highest BCUT2D eigenvalue weighted by molar-refractivity contribution is 7.99. The van der Waals surface area contributed by atoms with Crippen LogP contribution in [0.5, 0.6) is 0 Å². The summed E-state index contributed by atoms with van der Waals surface area (Å²) in [6.45, 7) is 4.68. The fourth-order valence-corrected chi connectivity index (χ4v) is 3.67. The Labute approximate surface area is 167 Å². The van der Waals surface area contributed by atoms with E-state index in [4.69, 9.17) is 0 Å². The number of hydrogen-bond donors (Lipinski definition) is 2. The van der Waals surface area contributed by atoms with E-state index in [2.05, 4.69) is 25.5 Å². The van der Waals surface area contributed by atoms with Gasteiger partial charge in [-0.2, -0.15) is 13.8 Å². The smallest absolute Gasteiger partial charge is 0.288 e. The molecule has 1 amide bonds. The van der Waals surface area contributed by atoms with Gasteiger partial charge in [0.15, 0.2) is 0 Å². The van der Waals surface area contributed by atoms with Gasteiger partial charge in [0, 0.05) is 42.8 Å². The minimum atomic E-state index is -2.57. The number of nitrogens with zero attached hydrogens (tertiary/aromatic N) is 3. The molecule has 28 heavy (non-hydrogen) atoms. The van der Waals surface area contributed by atoms with Crippen LogP contribution in [0.3, 0.4) is 0 Å². The first-order valence-corrected chi connectivity index (χ1v) is 10.1. The van der Waals surface area contributed by atoms with E-state index in [1.165, 1.54) is 18.9 Å². The summed E-state index contributed by atoms with van der Waals surface area (Å²) in [6, 6.07) is 8.32. The lowest BCUT2D eigenvalue weighted by Crippen LogP contribution is -2.29. The number of nitrogens with one attached hydrogen (secondary N) is 2. The lowest BCUT2D eigenvalue weighted by molar-refractivity contribution is 0.0952. The van der Waals surface area contributed by atoms with Crippen LogP contribution in [0, 0.1) is 6.92 Å². The molecule has 1 aliphatic heterocycles. The van der Waals surface area contributed by atoms with Crippen LogP contribution in [0.15, 0.2) is 35.2 Å². The third kappa shape index (κ3) is 5.54. The van der Waals surface area contributed by atoms with Gasteiger partial charge in [0.2, 0.25) is 5.95 Å². The topological polar surface area (TPSA) is 70.2 Å². The summed E-state index contributed by atoms with van der Waals surface area (Å²) >= 11 is 0.370. The number of benzene rings is 1. The number of aryl methyl sites for hydroxylation is 1. The molecule has 150 valence electrons. The number of carbonyl (C=O) groups excluding carboxylic acids is 1. The first-order valence-electron chi connectivity index (χ1n) is 9.19. The SMILES string of the molecule is Cc1cc(N2CCCC2)nc(NCCNC(=O)c2ccccc2SC(F)F)n1. The maximum Gasteiger partial charge on any atom is 0.288 e. The van der Waals surface area contributed by atoms with Crippen LogP contribution in [0.2, 0.25) is 0 Å².